The zero-order chi connectivity index (χ0) is 19.3. The molecule has 2 aromatic rings. The third-order valence-electron chi connectivity index (χ3n) is 4.77. The summed E-state index contributed by atoms with van der Waals surface area (Å²) in [7, 11) is -3.38. The van der Waals surface area contributed by atoms with Crippen molar-refractivity contribution in [1.29, 1.82) is 0 Å². The number of piperidine rings is 1. The van der Waals surface area contributed by atoms with Crippen LogP contribution in [0.3, 0.4) is 0 Å². The molecule has 0 bridgehead atoms. The van der Waals surface area contributed by atoms with E-state index in [4.69, 9.17) is 0 Å². The van der Waals surface area contributed by atoms with Crippen molar-refractivity contribution in [3.63, 3.8) is 0 Å². The minimum Gasteiger partial charge on any atom is -0.352 e. The normalized spacial score (nSPS) is 16.2. The summed E-state index contributed by atoms with van der Waals surface area (Å²) in [6, 6.07) is 17.1. The summed E-state index contributed by atoms with van der Waals surface area (Å²) in [6.07, 6.45) is 1.11. The molecule has 0 aliphatic carbocycles. The van der Waals surface area contributed by atoms with Crippen LogP contribution >= 0.6 is 15.9 Å². The maximum Gasteiger partial charge on any atom is 0.223 e. The van der Waals surface area contributed by atoms with E-state index >= 15 is 0 Å². The van der Waals surface area contributed by atoms with Gasteiger partial charge in [-0.3, -0.25) is 4.79 Å². The van der Waals surface area contributed by atoms with E-state index in [1.165, 1.54) is 4.31 Å². The molecule has 27 heavy (non-hydrogen) atoms. The van der Waals surface area contributed by atoms with Crippen LogP contribution in [0.25, 0.3) is 0 Å². The number of rotatable bonds is 6. The molecule has 0 unspecified atom stereocenters. The predicted molar refractivity (Wildman–Crippen MR) is 109 cm³/mol. The van der Waals surface area contributed by atoms with Crippen LogP contribution in [0.15, 0.2) is 59.1 Å². The number of hydrogen-bond donors (Lipinski definition) is 1. The fourth-order valence-electron chi connectivity index (χ4n) is 3.25. The molecule has 2 aromatic carbocycles. The minimum absolute atomic E-state index is 0.00268. The molecule has 3 rings (SSSR count). The fourth-order valence-corrected chi connectivity index (χ4v) is 5.25. The Kier molecular flexibility index (Phi) is 6.68. The highest BCUT2D eigenvalue weighted by Gasteiger charge is 2.31. The lowest BCUT2D eigenvalue weighted by atomic mass is 9.97. The van der Waals surface area contributed by atoms with Gasteiger partial charge in [-0.25, -0.2) is 12.7 Å². The van der Waals surface area contributed by atoms with Crippen LogP contribution in [-0.2, 0) is 27.1 Å². The maximum atomic E-state index is 12.7. The van der Waals surface area contributed by atoms with E-state index in [1.807, 2.05) is 54.6 Å². The Balaban J connectivity index is 1.51. The monoisotopic (exact) mass is 450 g/mol. The van der Waals surface area contributed by atoms with Gasteiger partial charge in [0.25, 0.3) is 0 Å². The standard InChI is InChI=1S/C20H23BrN2O3S/c21-19-8-4-7-17(13-19)15-27(25,26)23-11-9-18(10-12-23)20(24)22-14-16-5-2-1-3-6-16/h1-8,13,18H,9-12,14-15H2,(H,22,24). The molecule has 1 aliphatic heterocycles. The second-order valence-electron chi connectivity index (χ2n) is 6.76. The third kappa shape index (κ3) is 5.64. The number of nitrogens with zero attached hydrogens (tertiary/aromatic N) is 1. The minimum atomic E-state index is -3.38. The Morgan fingerprint density at radius 1 is 1.04 bits per heavy atom. The van der Waals surface area contributed by atoms with Crippen LogP contribution in [0.4, 0.5) is 0 Å². The number of benzene rings is 2. The van der Waals surface area contributed by atoms with Crippen molar-refractivity contribution in [2.45, 2.75) is 25.1 Å². The Morgan fingerprint density at radius 3 is 2.37 bits per heavy atom. The van der Waals surface area contributed by atoms with Crippen LogP contribution in [0.5, 0.6) is 0 Å². The average molecular weight is 451 g/mol. The zero-order valence-corrected chi connectivity index (χ0v) is 17.4. The van der Waals surface area contributed by atoms with E-state index in [0.717, 1.165) is 15.6 Å². The molecule has 0 saturated carbocycles. The molecule has 0 radical (unpaired) electrons. The molecule has 5 nitrogen and oxygen atoms in total. The van der Waals surface area contributed by atoms with Gasteiger partial charge in [0.2, 0.25) is 15.9 Å². The van der Waals surface area contributed by atoms with Crippen molar-refractivity contribution in [2.24, 2.45) is 5.92 Å². The van der Waals surface area contributed by atoms with Gasteiger partial charge < -0.3 is 5.32 Å². The highest BCUT2D eigenvalue weighted by Crippen LogP contribution is 2.23. The molecular weight excluding hydrogens is 428 g/mol. The van der Waals surface area contributed by atoms with E-state index < -0.39 is 10.0 Å². The number of halogens is 1. The quantitative estimate of drug-likeness (QED) is 0.733. The molecule has 1 fully saturated rings. The predicted octanol–water partition coefficient (Wildman–Crippen LogP) is 3.31. The summed E-state index contributed by atoms with van der Waals surface area (Å²) in [5, 5.41) is 2.96. The molecule has 1 heterocycles. The largest absolute Gasteiger partial charge is 0.352 e. The molecule has 1 N–H and O–H groups in total. The van der Waals surface area contributed by atoms with Crippen molar-refractivity contribution in [3.05, 3.63) is 70.2 Å². The molecular formula is C20H23BrN2O3S. The van der Waals surface area contributed by atoms with Gasteiger partial charge in [0.15, 0.2) is 0 Å². The average Bonchev–Trinajstić information content (AvgIpc) is 2.67. The van der Waals surface area contributed by atoms with Crippen LogP contribution < -0.4 is 5.32 Å². The Labute approximate surface area is 169 Å². The van der Waals surface area contributed by atoms with Crippen LogP contribution in [0, 0.1) is 5.92 Å². The highest BCUT2D eigenvalue weighted by atomic mass is 79.9. The Bertz CT molecular complexity index is 879. The third-order valence-corrected chi connectivity index (χ3v) is 7.11. The van der Waals surface area contributed by atoms with Gasteiger partial charge in [0.1, 0.15) is 0 Å². The number of amides is 1. The van der Waals surface area contributed by atoms with Crippen molar-refractivity contribution >= 4 is 31.9 Å². The first-order valence-electron chi connectivity index (χ1n) is 8.98. The lowest BCUT2D eigenvalue weighted by Crippen LogP contribution is -2.43. The van der Waals surface area contributed by atoms with Crippen molar-refractivity contribution in [2.75, 3.05) is 13.1 Å². The van der Waals surface area contributed by atoms with Crippen molar-refractivity contribution in [3.8, 4) is 0 Å². The smallest absolute Gasteiger partial charge is 0.223 e. The van der Waals surface area contributed by atoms with E-state index in [-0.39, 0.29) is 17.6 Å². The number of nitrogens with one attached hydrogen (secondary N) is 1. The van der Waals surface area contributed by atoms with Crippen LogP contribution in [0.1, 0.15) is 24.0 Å². The van der Waals surface area contributed by atoms with Gasteiger partial charge in [-0.05, 0) is 36.1 Å². The second-order valence-corrected chi connectivity index (χ2v) is 9.65. The SMILES string of the molecule is O=C(NCc1ccccc1)C1CCN(S(=O)(=O)Cc2cccc(Br)c2)CC1. The summed E-state index contributed by atoms with van der Waals surface area (Å²) in [4.78, 5) is 12.4. The van der Waals surface area contributed by atoms with Gasteiger partial charge >= 0.3 is 0 Å². The van der Waals surface area contributed by atoms with Crippen LogP contribution in [0.2, 0.25) is 0 Å². The first-order chi connectivity index (χ1) is 12.9. The molecule has 0 atom stereocenters. The zero-order valence-electron chi connectivity index (χ0n) is 15.0. The topological polar surface area (TPSA) is 66.5 Å². The van der Waals surface area contributed by atoms with Crippen LogP contribution in [-0.4, -0.2) is 31.7 Å². The molecule has 7 heteroatoms. The number of hydrogen-bond acceptors (Lipinski definition) is 3. The van der Waals surface area contributed by atoms with Crippen molar-refractivity contribution in [1.82, 2.24) is 9.62 Å². The fraction of sp³-hybridized carbons (Fsp3) is 0.350. The Morgan fingerprint density at radius 2 is 1.70 bits per heavy atom. The van der Waals surface area contributed by atoms with E-state index in [2.05, 4.69) is 21.2 Å². The van der Waals surface area contributed by atoms with Gasteiger partial charge in [-0.1, -0.05) is 58.4 Å². The van der Waals surface area contributed by atoms with Gasteiger partial charge in [0, 0.05) is 30.0 Å². The number of carbonyl (C=O) groups is 1. The van der Waals surface area contributed by atoms with Gasteiger partial charge in [-0.2, -0.15) is 0 Å². The lowest BCUT2D eigenvalue weighted by Gasteiger charge is -2.30. The maximum absolute atomic E-state index is 12.7. The second kappa shape index (κ2) is 8.99. The van der Waals surface area contributed by atoms with Crippen molar-refractivity contribution < 1.29 is 13.2 Å². The van der Waals surface area contributed by atoms with E-state index in [1.54, 1.807) is 0 Å². The number of sulfonamides is 1. The molecule has 1 aliphatic rings. The molecule has 144 valence electrons. The van der Waals surface area contributed by atoms with E-state index in [9.17, 15) is 13.2 Å². The molecule has 1 saturated heterocycles. The highest BCUT2D eigenvalue weighted by molar-refractivity contribution is 9.10. The first kappa shape index (κ1) is 20.0. The van der Waals surface area contributed by atoms with E-state index in [0.29, 0.717) is 32.5 Å². The molecule has 0 spiro atoms. The summed E-state index contributed by atoms with van der Waals surface area (Å²) < 4.78 is 27.7. The Hall–Kier alpha value is -1.70. The summed E-state index contributed by atoms with van der Waals surface area (Å²) in [6.45, 7) is 1.28. The van der Waals surface area contributed by atoms with Gasteiger partial charge in [0.05, 0.1) is 5.75 Å². The number of carbonyl (C=O) groups excluding carboxylic acids is 1. The molecule has 1 amide bonds. The van der Waals surface area contributed by atoms with Gasteiger partial charge in [-0.15, -0.1) is 0 Å². The lowest BCUT2D eigenvalue weighted by molar-refractivity contribution is -0.126. The first-order valence-corrected chi connectivity index (χ1v) is 11.4. The molecule has 0 aromatic heterocycles. The summed E-state index contributed by atoms with van der Waals surface area (Å²) in [5.41, 5.74) is 1.81. The summed E-state index contributed by atoms with van der Waals surface area (Å²) >= 11 is 3.37. The summed E-state index contributed by atoms with van der Waals surface area (Å²) in [5.74, 6) is -0.147.